The molecule has 6 heteroatoms. The Kier molecular flexibility index (Phi) is 7.82. The Balaban J connectivity index is 1.17. The van der Waals surface area contributed by atoms with E-state index >= 15 is 0 Å². The molecule has 3 aromatic carbocycles. The van der Waals surface area contributed by atoms with Gasteiger partial charge in [-0.2, -0.15) is 5.10 Å². The van der Waals surface area contributed by atoms with Crippen molar-refractivity contribution in [2.24, 2.45) is 13.0 Å². The van der Waals surface area contributed by atoms with Crippen LogP contribution in [0.15, 0.2) is 85.1 Å². The Hall–Kier alpha value is -4.32. The number of aromatic nitrogens is 2. The minimum atomic E-state index is -0.0971. The summed E-state index contributed by atoms with van der Waals surface area (Å²) < 4.78 is 1.56. The fourth-order valence-electron chi connectivity index (χ4n) is 5.05. The van der Waals surface area contributed by atoms with E-state index in [1.807, 2.05) is 48.5 Å². The number of piperidine rings is 1. The number of hydrogen-bond donors (Lipinski definition) is 0. The highest BCUT2D eigenvalue weighted by atomic mass is 16.1. The first-order chi connectivity index (χ1) is 18.9. The number of carbonyl (C=O) groups is 3. The average molecular weight is 520 g/mol. The molecule has 0 radical (unpaired) electrons. The molecule has 6 nitrogen and oxygen atoms in total. The lowest BCUT2D eigenvalue weighted by atomic mass is 9.97. The van der Waals surface area contributed by atoms with Gasteiger partial charge in [-0.15, -0.1) is 0 Å². The fraction of sp³-hybridized carbons (Fsp3) is 0.273. The van der Waals surface area contributed by atoms with Crippen molar-refractivity contribution in [1.29, 1.82) is 0 Å². The molecule has 1 aliphatic rings. The molecule has 0 aliphatic carbocycles. The predicted octanol–water partition coefficient (Wildman–Crippen LogP) is 5.74. The van der Waals surface area contributed by atoms with Gasteiger partial charge in [0.2, 0.25) is 0 Å². The first-order valence-corrected chi connectivity index (χ1v) is 13.5. The van der Waals surface area contributed by atoms with Gasteiger partial charge in [-0.25, -0.2) is 0 Å². The van der Waals surface area contributed by atoms with Crippen LogP contribution in [-0.2, 0) is 19.9 Å². The summed E-state index contributed by atoms with van der Waals surface area (Å²) in [5, 5.41) is 4.04. The molecule has 0 unspecified atom stereocenters. The topological polar surface area (TPSA) is 72.3 Å². The van der Waals surface area contributed by atoms with Crippen LogP contribution in [0.4, 0.5) is 5.69 Å². The van der Waals surface area contributed by atoms with Crippen LogP contribution in [0.1, 0.15) is 67.7 Å². The molecule has 198 valence electrons. The van der Waals surface area contributed by atoms with Crippen molar-refractivity contribution >= 4 is 23.0 Å². The molecule has 2 heterocycles. The van der Waals surface area contributed by atoms with E-state index < -0.39 is 0 Å². The van der Waals surface area contributed by atoms with Crippen molar-refractivity contribution < 1.29 is 14.4 Å². The quantitative estimate of drug-likeness (QED) is 0.264. The van der Waals surface area contributed by atoms with Crippen molar-refractivity contribution in [2.45, 2.75) is 32.6 Å². The number of ketones is 3. The number of benzene rings is 3. The van der Waals surface area contributed by atoms with Crippen LogP contribution in [0.25, 0.3) is 0 Å². The van der Waals surface area contributed by atoms with Crippen molar-refractivity contribution in [3.05, 3.63) is 119 Å². The van der Waals surface area contributed by atoms with Gasteiger partial charge in [-0.3, -0.25) is 19.1 Å². The number of aryl methyl sites for hydroxylation is 1. The number of carbonyl (C=O) groups excluding carboxylic acids is 3. The Morgan fingerprint density at radius 1 is 0.718 bits per heavy atom. The summed E-state index contributed by atoms with van der Waals surface area (Å²) in [4.78, 5) is 40.7. The minimum absolute atomic E-state index is 0.0215. The van der Waals surface area contributed by atoms with Crippen molar-refractivity contribution in [2.75, 3.05) is 18.0 Å². The first kappa shape index (κ1) is 26.3. The first-order valence-electron chi connectivity index (χ1n) is 13.5. The third-order valence-electron chi connectivity index (χ3n) is 7.61. The Bertz CT molecular complexity index is 1460. The molecular formula is C33H33N3O3. The van der Waals surface area contributed by atoms with E-state index in [-0.39, 0.29) is 30.2 Å². The zero-order valence-electron chi connectivity index (χ0n) is 22.5. The van der Waals surface area contributed by atoms with Crippen molar-refractivity contribution in [3.63, 3.8) is 0 Å². The van der Waals surface area contributed by atoms with Crippen LogP contribution >= 0.6 is 0 Å². The second-order valence-corrected chi connectivity index (χ2v) is 10.5. The SMILES string of the molecule is CC1CCN(c2ccc(C(=O)Cc3ccc(C(=O)c4ccc(CC(=O)c5ccnn5C)cc4)cc3)cc2)CC1. The molecule has 1 saturated heterocycles. The number of nitrogens with zero attached hydrogens (tertiary/aromatic N) is 3. The summed E-state index contributed by atoms with van der Waals surface area (Å²) in [5.41, 5.74) is 5.25. The van der Waals surface area contributed by atoms with Gasteiger partial charge in [0.05, 0.1) is 0 Å². The summed E-state index contributed by atoms with van der Waals surface area (Å²) in [6, 6.07) is 24.0. The van der Waals surface area contributed by atoms with E-state index in [0.717, 1.165) is 30.1 Å². The molecule has 0 bridgehead atoms. The fourth-order valence-corrected chi connectivity index (χ4v) is 5.05. The van der Waals surface area contributed by atoms with E-state index in [9.17, 15) is 14.4 Å². The molecule has 5 rings (SSSR count). The Morgan fingerprint density at radius 3 is 1.74 bits per heavy atom. The van der Waals surface area contributed by atoms with Crippen molar-refractivity contribution in [3.8, 4) is 0 Å². The van der Waals surface area contributed by atoms with Gasteiger partial charge in [-0.1, -0.05) is 55.5 Å². The van der Waals surface area contributed by atoms with Crippen LogP contribution < -0.4 is 4.90 Å². The number of Topliss-reactive ketones (excluding diaryl/α,β-unsaturated/α-hetero) is 2. The minimum Gasteiger partial charge on any atom is -0.372 e. The lowest BCUT2D eigenvalue weighted by Gasteiger charge is -2.32. The van der Waals surface area contributed by atoms with Crippen LogP contribution in [0.3, 0.4) is 0 Å². The second-order valence-electron chi connectivity index (χ2n) is 10.5. The lowest BCUT2D eigenvalue weighted by molar-refractivity contribution is 0.0979. The average Bonchev–Trinajstić information content (AvgIpc) is 3.40. The standard InChI is InChI=1S/C33H33N3O3/c1-23-16-19-36(20-17-23)29-13-11-26(12-14-29)31(37)21-24-3-7-27(8-4-24)33(39)28-9-5-25(6-10-28)22-32(38)30-15-18-34-35(30)2/h3-15,18,23H,16-17,19-22H2,1-2H3. The molecule has 1 aliphatic heterocycles. The van der Waals surface area contributed by atoms with E-state index in [4.69, 9.17) is 0 Å². The molecule has 1 fully saturated rings. The molecule has 39 heavy (non-hydrogen) atoms. The predicted molar refractivity (Wildman–Crippen MR) is 153 cm³/mol. The Labute approximate surface area is 229 Å². The third-order valence-corrected chi connectivity index (χ3v) is 7.61. The van der Waals surface area contributed by atoms with Gasteiger partial charge in [0.1, 0.15) is 5.69 Å². The van der Waals surface area contributed by atoms with Crippen LogP contribution in [0, 0.1) is 5.92 Å². The van der Waals surface area contributed by atoms with Crippen LogP contribution in [0.2, 0.25) is 0 Å². The van der Waals surface area contributed by atoms with Gasteiger partial charge in [0, 0.05) is 61.6 Å². The van der Waals surface area contributed by atoms with E-state index in [0.29, 0.717) is 22.4 Å². The molecule has 0 amide bonds. The van der Waals surface area contributed by atoms with Gasteiger partial charge in [0.15, 0.2) is 17.3 Å². The summed E-state index contributed by atoms with van der Waals surface area (Å²) >= 11 is 0. The molecule has 1 aromatic heterocycles. The maximum atomic E-state index is 13.0. The van der Waals surface area contributed by atoms with E-state index in [1.165, 1.54) is 18.5 Å². The number of hydrogen-bond acceptors (Lipinski definition) is 5. The van der Waals surface area contributed by atoms with Gasteiger partial charge < -0.3 is 4.90 Å². The molecule has 0 N–H and O–H groups in total. The number of anilines is 1. The molecule has 0 spiro atoms. The normalized spacial score (nSPS) is 13.8. The molecule has 0 atom stereocenters. The number of rotatable bonds is 9. The highest BCUT2D eigenvalue weighted by Crippen LogP contribution is 2.24. The smallest absolute Gasteiger partial charge is 0.193 e. The highest BCUT2D eigenvalue weighted by Gasteiger charge is 2.17. The van der Waals surface area contributed by atoms with Crippen LogP contribution in [-0.4, -0.2) is 40.2 Å². The molecule has 4 aromatic rings. The lowest BCUT2D eigenvalue weighted by Crippen LogP contribution is -2.32. The summed E-state index contributed by atoms with van der Waals surface area (Å²) in [7, 11) is 1.74. The third kappa shape index (κ3) is 6.23. The monoisotopic (exact) mass is 519 g/mol. The summed E-state index contributed by atoms with van der Waals surface area (Å²) in [6.07, 6.45) is 4.55. The van der Waals surface area contributed by atoms with E-state index in [1.54, 1.807) is 48.3 Å². The van der Waals surface area contributed by atoms with Gasteiger partial charge in [-0.05, 0) is 60.2 Å². The van der Waals surface area contributed by atoms with Crippen molar-refractivity contribution in [1.82, 2.24) is 9.78 Å². The second kappa shape index (κ2) is 11.6. The Morgan fingerprint density at radius 2 is 1.23 bits per heavy atom. The zero-order valence-corrected chi connectivity index (χ0v) is 22.5. The zero-order chi connectivity index (χ0) is 27.4. The molecular weight excluding hydrogens is 486 g/mol. The van der Waals surface area contributed by atoms with E-state index in [2.05, 4.69) is 16.9 Å². The summed E-state index contributed by atoms with van der Waals surface area (Å²) in [5.74, 6) is 0.723. The highest BCUT2D eigenvalue weighted by molar-refractivity contribution is 6.09. The van der Waals surface area contributed by atoms with Gasteiger partial charge >= 0.3 is 0 Å². The summed E-state index contributed by atoms with van der Waals surface area (Å²) in [6.45, 7) is 4.43. The van der Waals surface area contributed by atoms with Gasteiger partial charge in [0.25, 0.3) is 0 Å². The maximum absolute atomic E-state index is 13.0. The molecule has 0 saturated carbocycles. The largest absolute Gasteiger partial charge is 0.372 e. The van der Waals surface area contributed by atoms with Crippen LogP contribution in [0.5, 0.6) is 0 Å². The maximum Gasteiger partial charge on any atom is 0.193 e.